The first-order valence-corrected chi connectivity index (χ1v) is 13.9. The number of anilines is 2. The second kappa shape index (κ2) is 10.9. The standard InChI is InChI=1S/C26H30F4N4O5S/c1-25(2,26(28,29)30)39-24(36)32-20-7-4-17-10-16(12-31-23(35)18-14-33(3)15-18)13-34(22(17)11-20)40(37,38)21-8-5-19(27)6-9-21/h4-9,11,16,18H,10,12-15H2,1-3H3,(H,31,35)(H,32,36)/t16-/m0/s1. The van der Waals surface area contributed by atoms with Gasteiger partial charge in [-0.1, -0.05) is 6.07 Å². The summed E-state index contributed by atoms with van der Waals surface area (Å²) in [6, 6.07) is 8.60. The van der Waals surface area contributed by atoms with Crippen molar-refractivity contribution in [3.05, 3.63) is 53.8 Å². The summed E-state index contributed by atoms with van der Waals surface area (Å²) in [7, 11) is -2.32. The molecule has 14 heteroatoms. The van der Waals surface area contributed by atoms with E-state index in [4.69, 9.17) is 0 Å². The predicted molar refractivity (Wildman–Crippen MR) is 139 cm³/mol. The molecule has 2 amide bonds. The molecule has 0 spiro atoms. The molecule has 0 unspecified atom stereocenters. The van der Waals surface area contributed by atoms with E-state index in [2.05, 4.69) is 15.4 Å². The molecule has 0 saturated carbocycles. The fraction of sp³-hybridized carbons (Fsp3) is 0.462. The Morgan fingerprint density at radius 2 is 1.70 bits per heavy atom. The van der Waals surface area contributed by atoms with Crippen LogP contribution in [0.2, 0.25) is 0 Å². The zero-order chi connectivity index (χ0) is 29.5. The Morgan fingerprint density at radius 1 is 1.05 bits per heavy atom. The molecule has 4 rings (SSSR count). The lowest BCUT2D eigenvalue weighted by Crippen LogP contribution is -2.53. The SMILES string of the molecule is CN1CC(C(=O)NC[C@@H]2Cc3ccc(NC(=O)OC(C)(C)C(F)(F)F)cc3N(S(=O)(=O)c3ccc(F)cc3)C2)C1. The smallest absolute Gasteiger partial charge is 0.427 e. The summed E-state index contributed by atoms with van der Waals surface area (Å²) in [6.07, 6.45) is -5.78. The quantitative estimate of drug-likeness (QED) is 0.479. The van der Waals surface area contributed by atoms with E-state index in [1.54, 1.807) is 6.07 Å². The molecule has 0 radical (unpaired) electrons. The number of benzene rings is 2. The van der Waals surface area contributed by atoms with Crippen LogP contribution in [0.15, 0.2) is 47.4 Å². The lowest BCUT2D eigenvalue weighted by molar-refractivity contribution is -0.242. The van der Waals surface area contributed by atoms with Crippen molar-refractivity contribution in [3.63, 3.8) is 0 Å². The molecule has 0 aromatic heterocycles. The Hall–Kier alpha value is -3.39. The van der Waals surface area contributed by atoms with Crippen LogP contribution in [0.4, 0.5) is 33.7 Å². The topological polar surface area (TPSA) is 108 Å². The fourth-order valence-electron chi connectivity index (χ4n) is 4.54. The summed E-state index contributed by atoms with van der Waals surface area (Å²) in [5, 5.41) is 5.12. The number of rotatable bonds is 7. The van der Waals surface area contributed by atoms with Crippen LogP contribution in [0.1, 0.15) is 19.4 Å². The summed E-state index contributed by atoms with van der Waals surface area (Å²) < 4.78 is 85.9. The Bertz CT molecular complexity index is 1380. The van der Waals surface area contributed by atoms with Gasteiger partial charge in [-0.2, -0.15) is 13.2 Å². The molecule has 0 bridgehead atoms. The van der Waals surface area contributed by atoms with Crippen molar-refractivity contribution >= 4 is 33.4 Å². The number of nitrogens with zero attached hydrogens (tertiary/aromatic N) is 2. The maximum absolute atomic E-state index is 13.6. The minimum absolute atomic E-state index is 0.0156. The van der Waals surface area contributed by atoms with Crippen molar-refractivity contribution in [2.45, 2.75) is 36.9 Å². The monoisotopic (exact) mass is 586 g/mol. The number of carbonyl (C=O) groups excluding carboxylic acids is 2. The van der Waals surface area contributed by atoms with E-state index in [0.29, 0.717) is 38.9 Å². The largest absolute Gasteiger partial charge is 0.434 e. The maximum atomic E-state index is 13.6. The number of ether oxygens (including phenoxy) is 1. The maximum Gasteiger partial charge on any atom is 0.427 e. The zero-order valence-electron chi connectivity index (χ0n) is 22.1. The van der Waals surface area contributed by atoms with Crippen molar-refractivity contribution in [3.8, 4) is 0 Å². The molecule has 2 aliphatic heterocycles. The molecule has 0 aliphatic carbocycles. The first-order valence-electron chi connectivity index (χ1n) is 12.5. The molecule has 1 saturated heterocycles. The number of alkyl halides is 3. The van der Waals surface area contributed by atoms with Gasteiger partial charge in [-0.05, 0) is 75.2 Å². The van der Waals surface area contributed by atoms with Crippen molar-refractivity contribution in [1.29, 1.82) is 0 Å². The van der Waals surface area contributed by atoms with Gasteiger partial charge in [0.1, 0.15) is 5.82 Å². The van der Waals surface area contributed by atoms with Gasteiger partial charge in [0.05, 0.1) is 16.5 Å². The van der Waals surface area contributed by atoms with Crippen molar-refractivity contribution in [2.75, 3.05) is 42.8 Å². The Kier molecular flexibility index (Phi) is 8.05. The summed E-state index contributed by atoms with van der Waals surface area (Å²) in [4.78, 5) is 26.5. The van der Waals surface area contributed by atoms with Gasteiger partial charge in [0, 0.05) is 31.9 Å². The van der Waals surface area contributed by atoms with Crippen LogP contribution in [0, 0.1) is 17.7 Å². The molecular formula is C26H30F4N4O5S. The van der Waals surface area contributed by atoms with Gasteiger partial charge in [0.15, 0.2) is 0 Å². The van der Waals surface area contributed by atoms with E-state index in [1.807, 2.05) is 11.9 Å². The normalized spacial score (nSPS) is 18.5. The highest BCUT2D eigenvalue weighted by Crippen LogP contribution is 2.37. The number of likely N-dealkylation sites (tertiary alicyclic amines) is 1. The molecule has 218 valence electrons. The number of hydrogen-bond donors (Lipinski definition) is 2. The lowest BCUT2D eigenvalue weighted by atomic mass is 9.93. The zero-order valence-corrected chi connectivity index (χ0v) is 22.9. The number of sulfonamides is 1. The number of carbonyl (C=O) groups is 2. The van der Waals surface area contributed by atoms with Crippen molar-refractivity contribution < 1.29 is 40.3 Å². The number of halogens is 4. The molecule has 9 nitrogen and oxygen atoms in total. The molecule has 2 aromatic carbocycles. The highest BCUT2D eigenvalue weighted by molar-refractivity contribution is 7.92. The van der Waals surface area contributed by atoms with Crippen LogP contribution in [-0.4, -0.2) is 70.3 Å². The summed E-state index contributed by atoms with van der Waals surface area (Å²) in [5.41, 5.74) is -1.97. The first-order chi connectivity index (χ1) is 18.6. The summed E-state index contributed by atoms with van der Waals surface area (Å²) in [6.45, 7) is 2.88. The average molecular weight is 587 g/mol. The minimum atomic E-state index is -4.81. The lowest BCUT2D eigenvalue weighted by Gasteiger charge is -2.37. The molecule has 2 aromatic rings. The molecule has 1 fully saturated rings. The number of amides is 2. The summed E-state index contributed by atoms with van der Waals surface area (Å²) in [5.74, 6) is -1.17. The molecule has 2 aliphatic rings. The van der Waals surface area contributed by atoms with Gasteiger partial charge in [-0.15, -0.1) is 0 Å². The van der Waals surface area contributed by atoms with Crippen molar-refractivity contribution in [1.82, 2.24) is 10.2 Å². The van der Waals surface area contributed by atoms with Crippen LogP contribution in [0.25, 0.3) is 0 Å². The predicted octanol–water partition coefficient (Wildman–Crippen LogP) is 3.76. The number of fused-ring (bicyclic) bond motifs is 1. The van der Waals surface area contributed by atoms with Crippen LogP contribution in [0.3, 0.4) is 0 Å². The third-order valence-corrected chi connectivity index (χ3v) is 8.76. The number of hydrogen-bond acceptors (Lipinski definition) is 6. The second-order valence-electron chi connectivity index (χ2n) is 10.6. The van der Waals surface area contributed by atoms with Gasteiger partial charge in [0.25, 0.3) is 10.0 Å². The Morgan fingerprint density at radius 3 is 2.30 bits per heavy atom. The first kappa shape index (κ1) is 29.6. The Balaban J connectivity index is 1.59. The van der Waals surface area contributed by atoms with Gasteiger partial charge in [0.2, 0.25) is 11.5 Å². The third-order valence-electron chi connectivity index (χ3n) is 6.97. The van der Waals surface area contributed by atoms with E-state index in [1.165, 1.54) is 12.1 Å². The average Bonchev–Trinajstić information content (AvgIpc) is 2.84. The minimum Gasteiger partial charge on any atom is -0.434 e. The molecule has 40 heavy (non-hydrogen) atoms. The van der Waals surface area contributed by atoms with Crippen LogP contribution in [-0.2, 0) is 26.0 Å². The van der Waals surface area contributed by atoms with Crippen molar-refractivity contribution in [2.24, 2.45) is 11.8 Å². The van der Waals surface area contributed by atoms with Crippen LogP contribution < -0.4 is 14.9 Å². The third kappa shape index (κ3) is 6.33. The van der Waals surface area contributed by atoms with Crippen LogP contribution >= 0.6 is 0 Å². The van der Waals surface area contributed by atoms with E-state index < -0.39 is 33.7 Å². The summed E-state index contributed by atoms with van der Waals surface area (Å²) >= 11 is 0. The number of nitrogens with one attached hydrogen (secondary N) is 2. The second-order valence-corrected chi connectivity index (χ2v) is 12.5. The van der Waals surface area contributed by atoms with Gasteiger partial charge < -0.3 is 15.0 Å². The van der Waals surface area contributed by atoms with Gasteiger partial charge >= 0.3 is 12.3 Å². The fourth-order valence-corrected chi connectivity index (χ4v) is 6.11. The molecule has 1 atom stereocenters. The highest BCUT2D eigenvalue weighted by atomic mass is 32.2. The molecular weight excluding hydrogens is 556 g/mol. The van der Waals surface area contributed by atoms with Gasteiger partial charge in [-0.3, -0.25) is 14.4 Å². The van der Waals surface area contributed by atoms with E-state index in [9.17, 15) is 35.6 Å². The Labute approximate surface area is 229 Å². The molecule has 2 heterocycles. The van der Waals surface area contributed by atoms with E-state index in [-0.39, 0.29) is 47.1 Å². The van der Waals surface area contributed by atoms with Gasteiger partial charge in [-0.25, -0.2) is 17.6 Å². The van der Waals surface area contributed by atoms with Crippen LogP contribution in [0.5, 0.6) is 0 Å². The van der Waals surface area contributed by atoms with E-state index in [0.717, 1.165) is 28.6 Å². The van der Waals surface area contributed by atoms with E-state index >= 15 is 0 Å². The molecule has 2 N–H and O–H groups in total. The highest BCUT2D eigenvalue weighted by Gasteiger charge is 2.51.